The Hall–Kier alpha value is -2.11. The van der Waals surface area contributed by atoms with Crippen LogP contribution in [0.2, 0.25) is 0 Å². The van der Waals surface area contributed by atoms with Crippen LogP contribution in [0.4, 0.5) is 5.69 Å². The molecule has 0 saturated carbocycles. The second kappa shape index (κ2) is 7.06. The first-order chi connectivity index (χ1) is 10.2. The lowest BCUT2D eigenvalue weighted by molar-refractivity contribution is 0.342. The average molecular weight is 289 g/mol. The zero-order valence-corrected chi connectivity index (χ0v) is 12.9. The highest BCUT2D eigenvalue weighted by Crippen LogP contribution is 2.33. The summed E-state index contributed by atoms with van der Waals surface area (Å²) >= 11 is 0. The monoisotopic (exact) mass is 289 g/mol. The average Bonchev–Trinajstić information content (AvgIpc) is 2.95. The lowest BCUT2D eigenvalue weighted by atomic mass is 10.0. The Morgan fingerprint density at radius 2 is 2.00 bits per heavy atom. The largest absolute Gasteiger partial charge is 0.491 e. The van der Waals surface area contributed by atoms with Crippen molar-refractivity contribution in [3.8, 4) is 17.1 Å². The maximum absolute atomic E-state index is 6.01. The van der Waals surface area contributed by atoms with Gasteiger partial charge in [-0.1, -0.05) is 32.8 Å². The van der Waals surface area contributed by atoms with Crippen LogP contribution in [-0.2, 0) is 6.54 Å². The zero-order valence-electron chi connectivity index (χ0n) is 12.9. The summed E-state index contributed by atoms with van der Waals surface area (Å²) in [7, 11) is 0. The van der Waals surface area contributed by atoms with Gasteiger partial charge in [0.05, 0.1) is 17.9 Å². The van der Waals surface area contributed by atoms with E-state index in [9.17, 15) is 0 Å². The summed E-state index contributed by atoms with van der Waals surface area (Å²) in [6.45, 7) is 7.66. The molecule has 0 atom stereocenters. The minimum Gasteiger partial charge on any atom is -0.491 e. The van der Waals surface area contributed by atoms with Gasteiger partial charge in [0.1, 0.15) is 0 Å². The fourth-order valence-electron chi connectivity index (χ4n) is 2.35. The summed E-state index contributed by atoms with van der Waals surface area (Å²) < 4.78 is 7.51. The van der Waals surface area contributed by atoms with Crippen molar-refractivity contribution in [3.05, 3.63) is 18.2 Å². The normalized spacial score (nSPS) is 11.0. The van der Waals surface area contributed by atoms with Gasteiger partial charge in [0.15, 0.2) is 11.6 Å². The third kappa shape index (κ3) is 3.32. The number of anilines is 1. The van der Waals surface area contributed by atoms with Crippen molar-refractivity contribution < 1.29 is 4.74 Å². The van der Waals surface area contributed by atoms with Crippen molar-refractivity contribution in [2.45, 2.75) is 40.2 Å². The Bertz CT molecular complexity index is 577. The molecule has 0 spiro atoms. The molecule has 114 valence electrons. The molecule has 6 heteroatoms. The van der Waals surface area contributed by atoms with E-state index in [2.05, 4.69) is 29.4 Å². The van der Waals surface area contributed by atoms with E-state index >= 15 is 0 Å². The molecule has 1 aromatic heterocycles. The maximum atomic E-state index is 6.01. The third-order valence-corrected chi connectivity index (χ3v) is 3.69. The highest BCUT2D eigenvalue weighted by atomic mass is 16.5. The van der Waals surface area contributed by atoms with Crippen LogP contribution in [-0.4, -0.2) is 26.8 Å². The van der Waals surface area contributed by atoms with Crippen LogP contribution in [0.5, 0.6) is 5.75 Å². The van der Waals surface area contributed by atoms with Gasteiger partial charge >= 0.3 is 0 Å². The van der Waals surface area contributed by atoms with E-state index in [4.69, 9.17) is 10.5 Å². The fourth-order valence-corrected chi connectivity index (χ4v) is 2.35. The molecule has 1 aromatic carbocycles. The number of benzene rings is 1. The van der Waals surface area contributed by atoms with E-state index in [1.165, 1.54) is 0 Å². The third-order valence-electron chi connectivity index (χ3n) is 3.69. The molecule has 2 N–H and O–H groups in total. The van der Waals surface area contributed by atoms with Gasteiger partial charge in [-0.2, -0.15) is 0 Å². The molecule has 0 aliphatic carbocycles. The quantitative estimate of drug-likeness (QED) is 0.793. The Labute approximate surface area is 125 Å². The Morgan fingerprint density at radius 1 is 1.24 bits per heavy atom. The maximum Gasteiger partial charge on any atom is 0.185 e. The van der Waals surface area contributed by atoms with Crippen molar-refractivity contribution in [2.75, 3.05) is 12.3 Å². The first-order valence-electron chi connectivity index (χ1n) is 7.48. The summed E-state index contributed by atoms with van der Waals surface area (Å²) in [6, 6.07) is 5.66. The Balaban J connectivity index is 2.39. The van der Waals surface area contributed by atoms with Gasteiger partial charge in [-0.05, 0) is 35.4 Å². The van der Waals surface area contributed by atoms with E-state index in [-0.39, 0.29) is 0 Å². The molecule has 0 amide bonds. The van der Waals surface area contributed by atoms with E-state index in [0.717, 1.165) is 24.9 Å². The number of para-hydroxylation sites is 1. The van der Waals surface area contributed by atoms with Gasteiger partial charge in [0.25, 0.3) is 0 Å². The van der Waals surface area contributed by atoms with Crippen LogP contribution < -0.4 is 10.5 Å². The Morgan fingerprint density at radius 3 is 2.67 bits per heavy atom. The Kier molecular flexibility index (Phi) is 5.14. The number of rotatable bonds is 7. The van der Waals surface area contributed by atoms with Crippen molar-refractivity contribution in [2.24, 2.45) is 5.92 Å². The van der Waals surface area contributed by atoms with Crippen molar-refractivity contribution >= 4 is 5.69 Å². The molecule has 0 fully saturated rings. The summed E-state index contributed by atoms with van der Waals surface area (Å²) in [6.07, 6.45) is 2.20. The predicted octanol–water partition coefficient (Wildman–Crippen LogP) is 2.76. The smallest absolute Gasteiger partial charge is 0.185 e. The highest BCUT2D eigenvalue weighted by molar-refractivity contribution is 5.73. The number of aromatic nitrogens is 4. The summed E-state index contributed by atoms with van der Waals surface area (Å²) in [4.78, 5) is 0. The molecular weight excluding hydrogens is 266 g/mol. The van der Waals surface area contributed by atoms with Crippen LogP contribution in [0, 0.1) is 5.92 Å². The van der Waals surface area contributed by atoms with E-state index in [0.29, 0.717) is 29.8 Å². The van der Waals surface area contributed by atoms with Crippen LogP contribution >= 0.6 is 0 Å². The molecule has 0 radical (unpaired) electrons. The van der Waals surface area contributed by atoms with Crippen molar-refractivity contribution in [1.29, 1.82) is 0 Å². The minimum atomic E-state index is 0.551. The minimum absolute atomic E-state index is 0.551. The van der Waals surface area contributed by atoms with Gasteiger partial charge in [0, 0.05) is 6.54 Å². The first kappa shape index (κ1) is 15.3. The van der Waals surface area contributed by atoms with Gasteiger partial charge in [-0.3, -0.25) is 0 Å². The standard InChI is InChI=1S/C15H23N5O/c1-4-11(5-2)10-20-15(17-18-19-20)12-8-7-9-13(16)14(12)21-6-3/h7-9,11H,4-6,10,16H2,1-3H3. The van der Waals surface area contributed by atoms with Crippen LogP contribution in [0.3, 0.4) is 0 Å². The summed E-state index contributed by atoms with van der Waals surface area (Å²) in [5.41, 5.74) is 7.46. The molecule has 0 saturated heterocycles. The molecule has 1 heterocycles. The highest BCUT2D eigenvalue weighted by Gasteiger charge is 2.17. The van der Waals surface area contributed by atoms with Crippen LogP contribution in [0.1, 0.15) is 33.6 Å². The molecule has 2 rings (SSSR count). The number of hydrogen-bond acceptors (Lipinski definition) is 5. The topological polar surface area (TPSA) is 78.8 Å². The SMILES string of the molecule is CCOc1c(N)cccc1-c1nnnn1CC(CC)CC. The van der Waals surface area contributed by atoms with Gasteiger partial charge in [-0.15, -0.1) is 5.10 Å². The molecule has 0 aliphatic heterocycles. The number of nitrogen functional groups attached to an aromatic ring is 1. The predicted molar refractivity (Wildman–Crippen MR) is 82.9 cm³/mol. The molecule has 0 bridgehead atoms. The van der Waals surface area contributed by atoms with Crippen LogP contribution in [0.25, 0.3) is 11.4 Å². The number of tetrazole rings is 1. The van der Waals surface area contributed by atoms with Gasteiger partial charge in [-0.25, -0.2) is 4.68 Å². The summed E-state index contributed by atoms with van der Waals surface area (Å²) in [5, 5.41) is 12.1. The zero-order chi connectivity index (χ0) is 15.2. The van der Waals surface area contributed by atoms with Crippen molar-refractivity contribution in [1.82, 2.24) is 20.2 Å². The molecular formula is C15H23N5O. The second-order valence-electron chi connectivity index (χ2n) is 5.02. The lowest BCUT2D eigenvalue weighted by Gasteiger charge is -2.15. The molecule has 0 unspecified atom stereocenters. The molecule has 0 aliphatic rings. The van der Waals surface area contributed by atoms with E-state index < -0.39 is 0 Å². The number of hydrogen-bond donors (Lipinski definition) is 1. The van der Waals surface area contributed by atoms with Crippen LogP contribution in [0.15, 0.2) is 18.2 Å². The lowest BCUT2D eigenvalue weighted by Crippen LogP contribution is -2.12. The molecule has 21 heavy (non-hydrogen) atoms. The number of nitrogens with zero attached hydrogens (tertiary/aromatic N) is 4. The summed E-state index contributed by atoms with van der Waals surface area (Å²) in [5.74, 6) is 1.92. The molecule has 6 nitrogen and oxygen atoms in total. The van der Waals surface area contributed by atoms with Gasteiger partial charge < -0.3 is 10.5 Å². The molecule has 2 aromatic rings. The number of nitrogens with two attached hydrogens (primary N) is 1. The number of ether oxygens (including phenoxy) is 1. The van der Waals surface area contributed by atoms with E-state index in [1.807, 2.05) is 29.8 Å². The second-order valence-corrected chi connectivity index (χ2v) is 5.02. The van der Waals surface area contributed by atoms with E-state index in [1.54, 1.807) is 0 Å². The van der Waals surface area contributed by atoms with Gasteiger partial charge in [0.2, 0.25) is 0 Å². The first-order valence-corrected chi connectivity index (χ1v) is 7.48. The fraction of sp³-hybridized carbons (Fsp3) is 0.533. The van der Waals surface area contributed by atoms with Crippen molar-refractivity contribution in [3.63, 3.8) is 0 Å².